The lowest BCUT2D eigenvalue weighted by atomic mass is 10.2. The molecule has 0 spiro atoms. The quantitative estimate of drug-likeness (QED) is 0.445. The molecule has 0 heterocycles. The minimum Gasteiger partial charge on any atom is -0.497 e. The number of carbonyl (C=O) groups excluding carboxylic acids is 2. The topological polar surface area (TPSA) is 114 Å². The highest BCUT2D eigenvalue weighted by Crippen LogP contribution is 2.15. The number of methoxy groups -OCH3 is 1. The van der Waals surface area contributed by atoms with E-state index in [1.807, 2.05) is 0 Å². The second-order valence-corrected chi connectivity index (χ2v) is 8.17. The van der Waals surface area contributed by atoms with Crippen LogP contribution in [0.5, 0.6) is 5.75 Å². The van der Waals surface area contributed by atoms with Gasteiger partial charge in [0, 0.05) is 32.1 Å². The number of benzene rings is 2. The van der Waals surface area contributed by atoms with Crippen molar-refractivity contribution >= 4 is 21.8 Å². The Morgan fingerprint density at radius 2 is 1.68 bits per heavy atom. The van der Waals surface area contributed by atoms with Gasteiger partial charge < -0.3 is 15.4 Å². The molecule has 31 heavy (non-hydrogen) atoms. The number of ether oxygens (including phenoxy) is 1. The van der Waals surface area contributed by atoms with Crippen LogP contribution in [0.15, 0.2) is 47.4 Å². The number of hydrogen-bond donors (Lipinski definition) is 3. The van der Waals surface area contributed by atoms with E-state index in [9.17, 15) is 26.8 Å². The summed E-state index contributed by atoms with van der Waals surface area (Å²) in [6.07, 6.45) is 0.370. The molecule has 0 aliphatic heterocycles. The smallest absolute Gasteiger partial charge is 0.254 e. The average Bonchev–Trinajstić information content (AvgIpc) is 2.74. The van der Waals surface area contributed by atoms with Gasteiger partial charge in [-0.2, -0.15) is 0 Å². The van der Waals surface area contributed by atoms with Gasteiger partial charge in [-0.15, -0.1) is 0 Å². The summed E-state index contributed by atoms with van der Waals surface area (Å²) < 4.78 is 58.0. The summed E-state index contributed by atoms with van der Waals surface area (Å²) in [5.41, 5.74) is -0.282. The van der Waals surface area contributed by atoms with Crippen LogP contribution in [0.1, 0.15) is 23.2 Å². The van der Waals surface area contributed by atoms with Crippen LogP contribution in [0.4, 0.5) is 8.78 Å². The fourth-order valence-corrected chi connectivity index (χ4v) is 3.57. The zero-order valence-electron chi connectivity index (χ0n) is 16.8. The van der Waals surface area contributed by atoms with Crippen molar-refractivity contribution in [2.24, 2.45) is 0 Å². The van der Waals surface area contributed by atoms with E-state index in [0.29, 0.717) is 11.8 Å². The maximum Gasteiger partial charge on any atom is 0.254 e. The van der Waals surface area contributed by atoms with Gasteiger partial charge in [-0.1, -0.05) is 0 Å². The Hall–Kier alpha value is -3.05. The lowest BCUT2D eigenvalue weighted by Gasteiger charge is -2.09. The van der Waals surface area contributed by atoms with Crippen LogP contribution in [-0.2, 0) is 14.8 Å². The summed E-state index contributed by atoms with van der Waals surface area (Å²) in [5, 5.41) is 5.01. The molecule has 2 aromatic carbocycles. The predicted molar refractivity (Wildman–Crippen MR) is 109 cm³/mol. The first kappa shape index (κ1) is 24.2. The Bertz CT molecular complexity index is 1010. The van der Waals surface area contributed by atoms with Crippen LogP contribution in [0.3, 0.4) is 0 Å². The molecule has 168 valence electrons. The molecule has 2 rings (SSSR count). The van der Waals surface area contributed by atoms with Crippen LogP contribution in [0.2, 0.25) is 0 Å². The van der Waals surface area contributed by atoms with Crippen LogP contribution >= 0.6 is 0 Å². The molecule has 3 N–H and O–H groups in total. The monoisotopic (exact) mass is 455 g/mol. The highest BCUT2D eigenvalue weighted by molar-refractivity contribution is 7.89. The second-order valence-electron chi connectivity index (χ2n) is 6.41. The van der Waals surface area contributed by atoms with Gasteiger partial charge >= 0.3 is 0 Å². The maximum atomic E-state index is 13.5. The number of carbonyl (C=O) groups is 2. The van der Waals surface area contributed by atoms with Gasteiger partial charge in [0.15, 0.2) is 0 Å². The Balaban J connectivity index is 1.64. The normalized spacial score (nSPS) is 11.1. The van der Waals surface area contributed by atoms with E-state index in [4.69, 9.17) is 4.74 Å². The first-order valence-electron chi connectivity index (χ1n) is 9.36. The maximum absolute atomic E-state index is 13.5. The third-order valence-corrected chi connectivity index (χ3v) is 5.63. The van der Waals surface area contributed by atoms with Crippen molar-refractivity contribution in [1.29, 1.82) is 0 Å². The standard InChI is InChI=1S/C20H23F2N3O5S/c1-30-15-5-7-16(8-6-15)31(28,29)25-12-11-23-19(26)3-2-10-24-20(27)17-9-4-14(21)13-18(17)22/h4-9,13,25H,2-3,10-12H2,1H3,(H,23,26)(H,24,27). The third-order valence-electron chi connectivity index (χ3n) is 4.15. The summed E-state index contributed by atoms with van der Waals surface area (Å²) in [7, 11) is -2.23. The Kier molecular flexibility index (Phi) is 8.88. The minimum atomic E-state index is -3.70. The SMILES string of the molecule is COc1ccc(S(=O)(=O)NCCNC(=O)CCCNC(=O)c2ccc(F)cc2F)cc1. The number of nitrogens with one attached hydrogen (secondary N) is 3. The third kappa shape index (κ3) is 7.61. The second kappa shape index (κ2) is 11.4. The molecular weight excluding hydrogens is 432 g/mol. The molecule has 0 aromatic heterocycles. The molecule has 8 nitrogen and oxygen atoms in total. The van der Waals surface area contributed by atoms with E-state index >= 15 is 0 Å². The largest absolute Gasteiger partial charge is 0.497 e. The molecule has 2 aromatic rings. The Labute approximate surface area is 179 Å². The molecule has 0 aliphatic carbocycles. The summed E-state index contributed by atoms with van der Waals surface area (Å²) in [6.45, 7) is 0.204. The molecule has 11 heteroatoms. The molecule has 0 radical (unpaired) electrons. The first-order valence-corrected chi connectivity index (χ1v) is 10.8. The van der Waals surface area contributed by atoms with Crippen molar-refractivity contribution in [2.45, 2.75) is 17.7 Å². The van der Waals surface area contributed by atoms with Gasteiger partial charge in [0.05, 0.1) is 17.6 Å². The molecule has 0 atom stereocenters. The number of rotatable bonds is 11. The number of hydrogen-bond acceptors (Lipinski definition) is 5. The zero-order valence-corrected chi connectivity index (χ0v) is 17.6. The molecular formula is C20H23F2N3O5S. The van der Waals surface area contributed by atoms with Gasteiger partial charge in [0.1, 0.15) is 17.4 Å². The minimum absolute atomic E-state index is 0.000677. The van der Waals surface area contributed by atoms with Crippen molar-refractivity contribution < 1.29 is 31.5 Å². The van der Waals surface area contributed by atoms with Crippen molar-refractivity contribution in [1.82, 2.24) is 15.4 Å². The van der Waals surface area contributed by atoms with E-state index < -0.39 is 27.6 Å². The van der Waals surface area contributed by atoms with E-state index in [2.05, 4.69) is 15.4 Å². The van der Waals surface area contributed by atoms with Gasteiger partial charge in [0.2, 0.25) is 15.9 Å². The van der Waals surface area contributed by atoms with Gasteiger partial charge in [-0.3, -0.25) is 9.59 Å². The first-order chi connectivity index (χ1) is 14.7. The van der Waals surface area contributed by atoms with Gasteiger partial charge in [-0.25, -0.2) is 21.9 Å². The summed E-state index contributed by atoms with van der Waals surface area (Å²) in [6, 6.07) is 8.51. The van der Waals surface area contributed by atoms with E-state index in [-0.39, 0.29) is 48.8 Å². The van der Waals surface area contributed by atoms with Gasteiger partial charge in [0.25, 0.3) is 5.91 Å². The highest BCUT2D eigenvalue weighted by atomic mass is 32.2. The van der Waals surface area contributed by atoms with E-state index in [1.54, 1.807) is 0 Å². The van der Waals surface area contributed by atoms with Crippen LogP contribution in [-0.4, -0.2) is 47.0 Å². The Morgan fingerprint density at radius 1 is 0.968 bits per heavy atom. The fourth-order valence-electron chi connectivity index (χ4n) is 2.53. The van der Waals surface area contributed by atoms with E-state index in [1.165, 1.54) is 31.4 Å². The average molecular weight is 455 g/mol. The zero-order chi connectivity index (χ0) is 22.9. The number of sulfonamides is 1. The highest BCUT2D eigenvalue weighted by Gasteiger charge is 2.14. The lowest BCUT2D eigenvalue weighted by Crippen LogP contribution is -2.35. The van der Waals surface area contributed by atoms with Crippen LogP contribution in [0, 0.1) is 11.6 Å². The lowest BCUT2D eigenvalue weighted by molar-refractivity contribution is -0.121. The van der Waals surface area contributed by atoms with E-state index in [0.717, 1.165) is 12.1 Å². The van der Waals surface area contributed by atoms with Crippen LogP contribution < -0.4 is 20.1 Å². The molecule has 0 saturated carbocycles. The summed E-state index contributed by atoms with van der Waals surface area (Å²) >= 11 is 0. The molecule has 2 amide bonds. The van der Waals surface area contributed by atoms with Crippen molar-refractivity contribution in [3.05, 3.63) is 59.7 Å². The molecule has 0 bridgehead atoms. The predicted octanol–water partition coefficient (Wildman–Crippen LogP) is 1.58. The molecule has 0 saturated heterocycles. The molecule has 0 fully saturated rings. The number of amides is 2. The fraction of sp³-hybridized carbons (Fsp3) is 0.300. The molecule has 0 aliphatic rings. The van der Waals surface area contributed by atoms with Crippen LogP contribution in [0.25, 0.3) is 0 Å². The number of halogens is 2. The van der Waals surface area contributed by atoms with Crippen molar-refractivity contribution in [2.75, 3.05) is 26.7 Å². The summed E-state index contributed by atoms with van der Waals surface area (Å²) in [4.78, 5) is 23.7. The Morgan fingerprint density at radius 3 is 2.32 bits per heavy atom. The van der Waals surface area contributed by atoms with Gasteiger partial charge in [-0.05, 0) is 42.8 Å². The van der Waals surface area contributed by atoms with Crippen molar-refractivity contribution in [3.63, 3.8) is 0 Å². The summed E-state index contributed by atoms with van der Waals surface area (Å²) in [5.74, 6) is -2.24. The molecule has 0 unspecified atom stereocenters. The van der Waals surface area contributed by atoms with Crippen molar-refractivity contribution in [3.8, 4) is 5.75 Å².